The fraction of sp³-hybridized carbons (Fsp3) is 0.500. The van der Waals surface area contributed by atoms with Gasteiger partial charge in [0, 0.05) is 20.1 Å². The van der Waals surface area contributed by atoms with Crippen molar-refractivity contribution >= 4 is 15.9 Å². The van der Waals surface area contributed by atoms with E-state index in [1.807, 2.05) is 7.05 Å². The van der Waals surface area contributed by atoms with Crippen LogP contribution in [-0.2, 0) is 13.5 Å². The highest BCUT2D eigenvalue weighted by molar-refractivity contribution is 9.10. The van der Waals surface area contributed by atoms with Crippen molar-refractivity contribution in [3.05, 3.63) is 16.4 Å². The summed E-state index contributed by atoms with van der Waals surface area (Å²) in [6.07, 6.45) is 2.38. The van der Waals surface area contributed by atoms with Crippen LogP contribution in [-0.4, -0.2) is 21.5 Å². The van der Waals surface area contributed by atoms with Crippen molar-refractivity contribution in [3.8, 4) is 0 Å². The topological polar surface area (TPSA) is 38.0 Å². The highest BCUT2D eigenvalue weighted by Crippen LogP contribution is 2.14. The van der Waals surface area contributed by atoms with Crippen LogP contribution in [0.3, 0.4) is 0 Å². The molecule has 0 fully saturated rings. The molecule has 1 aromatic rings. The first-order valence-corrected chi connectivity index (χ1v) is 3.82. The Kier molecular flexibility index (Phi) is 2.45. The standard InChI is InChI=1S/C6H9BrN2O/c1-9-6(2-3-10)5(7)4-8-9/h4,10H,2-3H2,1H3. The van der Waals surface area contributed by atoms with Crippen molar-refractivity contribution in [1.82, 2.24) is 9.78 Å². The van der Waals surface area contributed by atoms with Crippen LogP contribution in [0.25, 0.3) is 0 Å². The third kappa shape index (κ3) is 1.38. The monoisotopic (exact) mass is 204 g/mol. The van der Waals surface area contributed by atoms with Crippen molar-refractivity contribution in [2.24, 2.45) is 7.05 Å². The van der Waals surface area contributed by atoms with Crippen LogP contribution in [0.15, 0.2) is 10.7 Å². The molecule has 0 saturated carbocycles. The van der Waals surface area contributed by atoms with Gasteiger partial charge in [-0.25, -0.2) is 0 Å². The van der Waals surface area contributed by atoms with Gasteiger partial charge in [-0.15, -0.1) is 0 Å². The molecule has 0 bridgehead atoms. The van der Waals surface area contributed by atoms with Crippen molar-refractivity contribution in [1.29, 1.82) is 0 Å². The van der Waals surface area contributed by atoms with Crippen LogP contribution >= 0.6 is 15.9 Å². The number of halogens is 1. The minimum atomic E-state index is 0.165. The van der Waals surface area contributed by atoms with E-state index in [0.717, 1.165) is 10.2 Å². The summed E-state index contributed by atoms with van der Waals surface area (Å²) in [5, 5.41) is 12.6. The molecular weight excluding hydrogens is 196 g/mol. The lowest BCUT2D eigenvalue weighted by molar-refractivity contribution is 0.296. The molecule has 0 aliphatic rings. The molecule has 3 nitrogen and oxygen atoms in total. The molecule has 10 heavy (non-hydrogen) atoms. The minimum absolute atomic E-state index is 0.165. The molecule has 1 N–H and O–H groups in total. The van der Waals surface area contributed by atoms with Gasteiger partial charge in [0.25, 0.3) is 0 Å². The van der Waals surface area contributed by atoms with E-state index in [1.54, 1.807) is 10.9 Å². The zero-order chi connectivity index (χ0) is 7.56. The fourth-order valence-electron chi connectivity index (χ4n) is 0.823. The Labute approximate surface area is 67.8 Å². The maximum Gasteiger partial charge on any atom is 0.0635 e. The second kappa shape index (κ2) is 3.16. The van der Waals surface area contributed by atoms with Gasteiger partial charge < -0.3 is 5.11 Å². The predicted molar refractivity (Wildman–Crippen MR) is 41.7 cm³/mol. The zero-order valence-corrected chi connectivity index (χ0v) is 7.30. The quantitative estimate of drug-likeness (QED) is 0.772. The van der Waals surface area contributed by atoms with Gasteiger partial charge in [-0.3, -0.25) is 4.68 Å². The van der Waals surface area contributed by atoms with E-state index in [1.165, 1.54) is 0 Å². The van der Waals surface area contributed by atoms with Crippen molar-refractivity contribution in [2.45, 2.75) is 6.42 Å². The summed E-state index contributed by atoms with van der Waals surface area (Å²) < 4.78 is 2.71. The molecule has 56 valence electrons. The molecule has 0 aromatic carbocycles. The maximum atomic E-state index is 8.62. The molecule has 0 aliphatic carbocycles. The Bertz CT molecular complexity index is 202. The fourth-order valence-corrected chi connectivity index (χ4v) is 1.37. The normalized spacial score (nSPS) is 10.3. The molecule has 1 aromatic heterocycles. The van der Waals surface area contributed by atoms with E-state index in [-0.39, 0.29) is 6.61 Å². The molecular formula is C6H9BrN2O. The van der Waals surface area contributed by atoms with E-state index in [9.17, 15) is 0 Å². The molecule has 0 unspecified atom stereocenters. The lowest BCUT2D eigenvalue weighted by atomic mass is 10.3. The van der Waals surface area contributed by atoms with Crippen LogP contribution in [0.2, 0.25) is 0 Å². The highest BCUT2D eigenvalue weighted by Gasteiger charge is 2.03. The third-order valence-electron chi connectivity index (χ3n) is 1.36. The van der Waals surface area contributed by atoms with Crippen molar-refractivity contribution in [3.63, 3.8) is 0 Å². The molecule has 0 atom stereocenters. The second-order valence-corrected chi connectivity index (χ2v) is 2.89. The zero-order valence-electron chi connectivity index (χ0n) is 5.71. The predicted octanol–water partition coefficient (Wildman–Crippen LogP) is 0.717. The summed E-state index contributed by atoms with van der Waals surface area (Å²) in [6, 6.07) is 0. The summed E-state index contributed by atoms with van der Waals surface area (Å²) in [4.78, 5) is 0. The van der Waals surface area contributed by atoms with Gasteiger partial charge in [-0.2, -0.15) is 5.10 Å². The summed E-state index contributed by atoms with van der Waals surface area (Å²) in [5.41, 5.74) is 1.03. The van der Waals surface area contributed by atoms with Crippen LogP contribution in [0.1, 0.15) is 5.69 Å². The van der Waals surface area contributed by atoms with E-state index >= 15 is 0 Å². The third-order valence-corrected chi connectivity index (χ3v) is 2.02. The Balaban J connectivity index is 2.87. The number of hydrogen-bond acceptors (Lipinski definition) is 2. The van der Waals surface area contributed by atoms with Gasteiger partial charge in [0.15, 0.2) is 0 Å². The molecule has 0 aliphatic heterocycles. The Morgan fingerprint density at radius 3 is 2.90 bits per heavy atom. The SMILES string of the molecule is Cn1ncc(Br)c1CCO. The molecule has 1 rings (SSSR count). The largest absolute Gasteiger partial charge is 0.396 e. The smallest absolute Gasteiger partial charge is 0.0635 e. The number of aryl methyl sites for hydroxylation is 1. The van der Waals surface area contributed by atoms with Gasteiger partial charge in [0.05, 0.1) is 16.4 Å². The number of hydrogen-bond donors (Lipinski definition) is 1. The average Bonchev–Trinajstić information content (AvgIpc) is 2.20. The van der Waals surface area contributed by atoms with Crippen molar-refractivity contribution < 1.29 is 5.11 Å². The van der Waals surface area contributed by atoms with Crippen LogP contribution in [0, 0.1) is 0 Å². The molecule has 0 radical (unpaired) electrons. The lowest BCUT2D eigenvalue weighted by Crippen LogP contribution is -2.00. The van der Waals surface area contributed by atoms with Gasteiger partial charge in [-0.05, 0) is 15.9 Å². The summed E-state index contributed by atoms with van der Waals surface area (Å²) in [7, 11) is 1.86. The number of aromatic nitrogens is 2. The first-order chi connectivity index (χ1) is 4.75. The highest BCUT2D eigenvalue weighted by atomic mass is 79.9. The number of rotatable bonds is 2. The molecule has 1 heterocycles. The maximum absolute atomic E-state index is 8.62. The minimum Gasteiger partial charge on any atom is -0.396 e. The van der Waals surface area contributed by atoms with E-state index < -0.39 is 0 Å². The molecule has 0 spiro atoms. The van der Waals surface area contributed by atoms with Crippen LogP contribution < -0.4 is 0 Å². The molecule has 4 heteroatoms. The number of aliphatic hydroxyl groups excluding tert-OH is 1. The van der Waals surface area contributed by atoms with Gasteiger partial charge in [0.2, 0.25) is 0 Å². The Hall–Kier alpha value is -0.350. The van der Waals surface area contributed by atoms with Crippen LogP contribution in [0.5, 0.6) is 0 Å². The van der Waals surface area contributed by atoms with E-state index in [0.29, 0.717) is 6.42 Å². The Morgan fingerprint density at radius 1 is 1.80 bits per heavy atom. The lowest BCUT2D eigenvalue weighted by Gasteiger charge is -1.97. The van der Waals surface area contributed by atoms with E-state index in [4.69, 9.17) is 5.11 Å². The second-order valence-electron chi connectivity index (χ2n) is 2.04. The molecule has 0 saturated heterocycles. The molecule has 0 amide bonds. The van der Waals surface area contributed by atoms with Crippen molar-refractivity contribution in [2.75, 3.05) is 6.61 Å². The first-order valence-electron chi connectivity index (χ1n) is 3.03. The number of aliphatic hydroxyl groups is 1. The van der Waals surface area contributed by atoms with E-state index in [2.05, 4.69) is 21.0 Å². The van der Waals surface area contributed by atoms with Gasteiger partial charge in [-0.1, -0.05) is 0 Å². The first kappa shape index (κ1) is 7.75. The van der Waals surface area contributed by atoms with Gasteiger partial charge in [0.1, 0.15) is 0 Å². The number of nitrogens with zero attached hydrogens (tertiary/aromatic N) is 2. The average molecular weight is 205 g/mol. The summed E-state index contributed by atoms with van der Waals surface area (Å²) >= 11 is 3.32. The van der Waals surface area contributed by atoms with Crippen LogP contribution in [0.4, 0.5) is 0 Å². The summed E-state index contributed by atoms with van der Waals surface area (Å²) in [5.74, 6) is 0. The summed E-state index contributed by atoms with van der Waals surface area (Å²) in [6.45, 7) is 0.165. The Morgan fingerprint density at radius 2 is 2.50 bits per heavy atom. The van der Waals surface area contributed by atoms with Gasteiger partial charge >= 0.3 is 0 Å².